The van der Waals surface area contributed by atoms with Gasteiger partial charge in [-0.2, -0.15) is 0 Å². The molecule has 0 aromatic heterocycles. The highest BCUT2D eigenvalue weighted by molar-refractivity contribution is 5.18. The van der Waals surface area contributed by atoms with Crippen molar-refractivity contribution in [3.05, 3.63) is 35.6 Å². The van der Waals surface area contributed by atoms with Crippen LogP contribution in [0.1, 0.15) is 31.4 Å². The van der Waals surface area contributed by atoms with E-state index in [4.69, 9.17) is 0 Å². The molecule has 0 amide bonds. The van der Waals surface area contributed by atoms with E-state index in [1.54, 1.807) is 12.1 Å². The molecule has 1 aromatic rings. The number of benzene rings is 1. The summed E-state index contributed by atoms with van der Waals surface area (Å²) in [7, 11) is 2.15. The zero-order valence-electron chi connectivity index (χ0n) is 11.6. The van der Waals surface area contributed by atoms with Gasteiger partial charge in [0.15, 0.2) is 0 Å². The number of likely N-dealkylation sites (N-methyl/N-ethyl adjacent to an activating group) is 1. The molecule has 2 rings (SSSR count). The van der Waals surface area contributed by atoms with E-state index in [9.17, 15) is 9.50 Å². The van der Waals surface area contributed by atoms with E-state index < -0.39 is 6.10 Å². The van der Waals surface area contributed by atoms with Crippen LogP contribution in [0, 0.1) is 5.82 Å². The molecule has 2 unspecified atom stereocenters. The number of aliphatic hydroxyl groups is 1. The molecule has 0 bridgehead atoms. The van der Waals surface area contributed by atoms with Crippen LogP contribution in [0.5, 0.6) is 0 Å². The molecular weight excluding hydrogens is 243 g/mol. The fourth-order valence-electron chi connectivity index (χ4n) is 2.25. The molecule has 106 valence electrons. The van der Waals surface area contributed by atoms with Crippen molar-refractivity contribution in [1.29, 1.82) is 0 Å². The van der Waals surface area contributed by atoms with E-state index in [2.05, 4.69) is 24.2 Å². The minimum Gasteiger partial charge on any atom is -0.387 e. The van der Waals surface area contributed by atoms with E-state index in [0.717, 1.165) is 12.6 Å². The topological polar surface area (TPSA) is 35.5 Å². The van der Waals surface area contributed by atoms with Gasteiger partial charge in [0.2, 0.25) is 0 Å². The lowest BCUT2D eigenvalue weighted by molar-refractivity contribution is 0.166. The predicted molar refractivity (Wildman–Crippen MR) is 74.5 cm³/mol. The largest absolute Gasteiger partial charge is 0.387 e. The minimum absolute atomic E-state index is 0.307. The number of hydrogen-bond donors (Lipinski definition) is 2. The molecule has 1 saturated carbocycles. The highest BCUT2D eigenvalue weighted by Gasteiger charge is 2.28. The van der Waals surface area contributed by atoms with Crippen LogP contribution in [0.3, 0.4) is 0 Å². The number of hydrogen-bond acceptors (Lipinski definition) is 3. The Kier molecular flexibility index (Phi) is 4.91. The summed E-state index contributed by atoms with van der Waals surface area (Å²) in [5.74, 6) is -0.307. The summed E-state index contributed by atoms with van der Waals surface area (Å²) in [5, 5.41) is 13.2. The lowest BCUT2D eigenvalue weighted by Crippen LogP contribution is -2.40. The molecule has 0 radical (unpaired) electrons. The second kappa shape index (κ2) is 6.46. The van der Waals surface area contributed by atoms with Crippen LogP contribution in [0.2, 0.25) is 0 Å². The predicted octanol–water partition coefficient (Wildman–Crippen LogP) is 1.93. The highest BCUT2D eigenvalue weighted by atomic mass is 19.1. The number of nitrogens with one attached hydrogen (secondary N) is 1. The van der Waals surface area contributed by atoms with Crippen molar-refractivity contribution >= 4 is 0 Å². The molecule has 2 atom stereocenters. The second-order valence-corrected chi connectivity index (χ2v) is 5.47. The third kappa shape index (κ3) is 4.27. The van der Waals surface area contributed by atoms with Crippen molar-refractivity contribution in [2.75, 3.05) is 20.1 Å². The maximum Gasteiger partial charge on any atom is 0.123 e. The Morgan fingerprint density at radius 2 is 2.16 bits per heavy atom. The number of nitrogens with zero attached hydrogens (tertiary/aromatic N) is 1. The summed E-state index contributed by atoms with van der Waals surface area (Å²) in [6, 6.07) is 7.33. The molecule has 1 aromatic carbocycles. The van der Waals surface area contributed by atoms with Crippen LogP contribution in [0.4, 0.5) is 4.39 Å². The molecule has 1 fully saturated rings. The third-order valence-corrected chi connectivity index (χ3v) is 3.83. The van der Waals surface area contributed by atoms with Crippen LogP contribution in [0.25, 0.3) is 0 Å². The summed E-state index contributed by atoms with van der Waals surface area (Å²) in [6.45, 7) is 3.46. The quantitative estimate of drug-likeness (QED) is 0.791. The molecule has 4 heteroatoms. The fraction of sp³-hybridized carbons (Fsp3) is 0.600. The van der Waals surface area contributed by atoms with Gasteiger partial charge < -0.3 is 10.4 Å². The summed E-state index contributed by atoms with van der Waals surface area (Å²) in [6.07, 6.45) is 1.94. The van der Waals surface area contributed by atoms with E-state index in [0.29, 0.717) is 18.2 Å². The molecule has 0 spiro atoms. The van der Waals surface area contributed by atoms with Gasteiger partial charge in [-0.1, -0.05) is 12.1 Å². The molecule has 1 aliphatic carbocycles. The molecule has 0 heterocycles. The van der Waals surface area contributed by atoms with Crippen molar-refractivity contribution in [1.82, 2.24) is 10.2 Å². The number of rotatable bonds is 7. The van der Waals surface area contributed by atoms with Crippen LogP contribution in [0.15, 0.2) is 24.3 Å². The average molecular weight is 266 g/mol. The summed E-state index contributed by atoms with van der Waals surface area (Å²) in [5.41, 5.74) is 0.621. The Hall–Kier alpha value is -0.970. The van der Waals surface area contributed by atoms with Gasteiger partial charge in [0.1, 0.15) is 5.82 Å². The summed E-state index contributed by atoms with van der Waals surface area (Å²) >= 11 is 0. The lowest BCUT2D eigenvalue weighted by Gasteiger charge is -2.25. The van der Waals surface area contributed by atoms with Crippen molar-refractivity contribution in [3.63, 3.8) is 0 Å². The van der Waals surface area contributed by atoms with Crippen LogP contribution in [-0.4, -0.2) is 42.2 Å². The normalized spacial score (nSPS) is 18.6. The first-order chi connectivity index (χ1) is 9.08. The summed E-state index contributed by atoms with van der Waals surface area (Å²) in [4.78, 5) is 2.38. The summed E-state index contributed by atoms with van der Waals surface area (Å²) < 4.78 is 13.0. The monoisotopic (exact) mass is 266 g/mol. The SMILES string of the molecule is CC(CNCC(O)c1cccc(F)c1)N(C)C1CC1. The van der Waals surface area contributed by atoms with Gasteiger partial charge in [-0.05, 0) is 44.5 Å². The molecule has 3 nitrogen and oxygen atoms in total. The van der Waals surface area contributed by atoms with Crippen molar-refractivity contribution in [2.45, 2.75) is 38.0 Å². The Balaban J connectivity index is 1.72. The maximum atomic E-state index is 13.0. The van der Waals surface area contributed by atoms with Crippen LogP contribution >= 0.6 is 0 Å². The first-order valence-electron chi connectivity index (χ1n) is 6.94. The van der Waals surface area contributed by atoms with Gasteiger partial charge in [-0.15, -0.1) is 0 Å². The Morgan fingerprint density at radius 1 is 1.42 bits per heavy atom. The Bertz CT molecular complexity index is 409. The van der Waals surface area contributed by atoms with E-state index in [1.165, 1.54) is 25.0 Å². The first kappa shape index (κ1) is 14.4. The molecule has 0 aliphatic heterocycles. The fourth-order valence-corrected chi connectivity index (χ4v) is 2.25. The zero-order chi connectivity index (χ0) is 13.8. The van der Waals surface area contributed by atoms with Gasteiger partial charge in [0.05, 0.1) is 6.10 Å². The van der Waals surface area contributed by atoms with E-state index in [-0.39, 0.29) is 5.82 Å². The Morgan fingerprint density at radius 3 is 2.79 bits per heavy atom. The molecule has 1 aliphatic rings. The standard InChI is InChI=1S/C15H23FN2O/c1-11(18(2)14-6-7-14)9-17-10-15(19)12-4-3-5-13(16)8-12/h3-5,8,11,14-15,17,19H,6-7,9-10H2,1-2H3. The van der Waals surface area contributed by atoms with Crippen LogP contribution in [-0.2, 0) is 0 Å². The molecular formula is C15H23FN2O. The van der Waals surface area contributed by atoms with Crippen molar-refractivity contribution < 1.29 is 9.50 Å². The van der Waals surface area contributed by atoms with Gasteiger partial charge in [0.25, 0.3) is 0 Å². The lowest BCUT2D eigenvalue weighted by atomic mass is 10.1. The van der Waals surface area contributed by atoms with Crippen molar-refractivity contribution in [2.24, 2.45) is 0 Å². The van der Waals surface area contributed by atoms with E-state index >= 15 is 0 Å². The van der Waals surface area contributed by atoms with Crippen LogP contribution < -0.4 is 5.32 Å². The maximum absolute atomic E-state index is 13.0. The van der Waals surface area contributed by atoms with Crippen molar-refractivity contribution in [3.8, 4) is 0 Å². The molecule has 0 saturated heterocycles. The number of halogens is 1. The minimum atomic E-state index is -0.658. The number of aliphatic hydroxyl groups excluding tert-OH is 1. The smallest absolute Gasteiger partial charge is 0.123 e. The van der Waals surface area contributed by atoms with Gasteiger partial charge in [-0.3, -0.25) is 4.90 Å². The van der Waals surface area contributed by atoms with Gasteiger partial charge >= 0.3 is 0 Å². The third-order valence-electron chi connectivity index (χ3n) is 3.83. The van der Waals surface area contributed by atoms with Gasteiger partial charge in [-0.25, -0.2) is 4.39 Å². The second-order valence-electron chi connectivity index (χ2n) is 5.47. The molecule has 2 N–H and O–H groups in total. The first-order valence-corrected chi connectivity index (χ1v) is 6.94. The molecule has 19 heavy (non-hydrogen) atoms. The van der Waals surface area contributed by atoms with Gasteiger partial charge in [0, 0.05) is 25.2 Å². The average Bonchev–Trinajstić information content (AvgIpc) is 3.21. The Labute approximate surface area is 114 Å². The van der Waals surface area contributed by atoms with E-state index in [1.807, 2.05) is 0 Å². The highest BCUT2D eigenvalue weighted by Crippen LogP contribution is 2.26. The zero-order valence-corrected chi connectivity index (χ0v) is 11.6.